The third-order valence-electron chi connectivity index (χ3n) is 9.52. The van der Waals surface area contributed by atoms with Crippen LogP contribution in [0.3, 0.4) is 0 Å². The first kappa shape index (κ1) is 39.8. The van der Waals surface area contributed by atoms with Gasteiger partial charge < -0.3 is 30.3 Å². The van der Waals surface area contributed by atoms with E-state index in [-0.39, 0.29) is 23.9 Å². The molecule has 0 radical (unpaired) electrons. The zero-order chi connectivity index (χ0) is 40.6. The number of benzene rings is 2. The first-order valence-electron chi connectivity index (χ1n) is 18.5. The molecule has 0 unspecified atom stereocenters. The van der Waals surface area contributed by atoms with E-state index in [0.717, 1.165) is 62.3 Å². The Labute approximate surface area is 332 Å². The number of hydrogen-bond donors (Lipinski definition) is 4. The molecule has 0 aliphatic rings. The van der Waals surface area contributed by atoms with Crippen LogP contribution in [-0.4, -0.2) is 58.3 Å². The van der Waals surface area contributed by atoms with Crippen LogP contribution in [0.25, 0.3) is 22.3 Å². The summed E-state index contributed by atoms with van der Waals surface area (Å²) in [5.41, 5.74) is 9.55. The largest absolute Gasteiger partial charge is 0.361 e. The number of nitrogens with one attached hydrogen (secondary N) is 4. The Hall–Kier alpha value is -6.86. The van der Waals surface area contributed by atoms with E-state index >= 15 is 0 Å². The number of amides is 2. The van der Waals surface area contributed by atoms with Gasteiger partial charge in [0.25, 0.3) is 0 Å². The maximum Gasteiger partial charge on any atom is 0.242 e. The lowest BCUT2D eigenvalue weighted by Crippen LogP contribution is -2.35. The predicted octanol–water partition coefficient (Wildman–Crippen LogP) is 6.50. The van der Waals surface area contributed by atoms with Crippen LogP contribution in [0.2, 0.25) is 0 Å². The van der Waals surface area contributed by atoms with Gasteiger partial charge in [-0.1, -0.05) is 46.4 Å². The summed E-state index contributed by atoms with van der Waals surface area (Å²) in [7, 11) is 3.45. The molecule has 0 aliphatic carbocycles. The first-order valence-corrected chi connectivity index (χ1v) is 18.5. The summed E-state index contributed by atoms with van der Waals surface area (Å²) >= 11 is 0. The zero-order valence-corrected chi connectivity index (χ0v) is 33.2. The molecular formula is C45H44N8O4. The van der Waals surface area contributed by atoms with E-state index in [0.29, 0.717) is 34.5 Å². The molecule has 2 atom stereocenters. The summed E-state index contributed by atoms with van der Waals surface area (Å²) in [6.45, 7) is 11.0. The highest BCUT2D eigenvalue weighted by molar-refractivity contribution is 5.94. The molecule has 4 heterocycles. The van der Waals surface area contributed by atoms with Crippen molar-refractivity contribution < 1.29 is 18.6 Å². The summed E-state index contributed by atoms with van der Waals surface area (Å²) < 4.78 is 10.8. The summed E-state index contributed by atoms with van der Waals surface area (Å²) in [5.74, 6) is 14.7. The standard InChI is InChI=1S/C45H44N8O4/c1-26-42(30(5)56-52-26)36-19-23-40(50-44(54)28(3)46-7)48-38(36)21-17-32-9-13-34(14-10-32)25-35-15-11-33(12-16-35)18-22-39-37(43-27(2)53-57-31(43)6)20-24-41(49-39)51-45(55)29(4)47-8/h9-16,19-20,23-24,28-29,46-47H,25H2,1-8H3,(H,48,50,54)(H,49,51,55)/t28-,29-/m0/s1. The molecule has 0 saturated carbocycles. The third-order valence-corrected chi connectivity index (χ3v) is 9.52. The van der Waals surface area contributed by atoms with Gasteiger partial charge in [0.1, 0.15) is 34.5 Å². The van der Waals surface area contributed by atoms with E-state index in [2.05, 4.69) is 79.5 Å². The fourth-order valence-electron chi connectivity index (χ4n) is 6.03. The highest BCUT2D eigenvalue weighted by Crippen LogP contribution is 2.31. The predicted molar refractivity (Wildman–Crippen MR) is 220 cm³/mol. The van der Waals surface area contributed by atoms with E-state index < -0.39 is 0 Å². The Kier molecular flexibility index (Phi) is 12.4. The van der Waals surface area contributed by atoms with Crippen molar-refractivity contribution in [3.8, 4) is 45.9 Å². The molecule has 6 rings (SSSR count). The SMILES string of the molecule is CN[C@@H](C)C(=O)Nc1ccc(-c2c(C)noc2C)c(C#Cc2ccc(Cc3ccc(C#Cc4nc(NC(=O)[C@H](C)NC)ccc4-c4c(C)noc4C)cc3)cc2)n1. The Balaban J connectivity index is 1.19. The van der Waals surface area contributed by atoms with Crippen molar-refractivity contribution in [3.63, 3.8) is 0 Å². The molecule has 0 bridgehead atoms. The minimum Gasteiger partial charge on any atom is -0.361 e. The van der Waals surface area contributed by atoms with Crippen LogP contribution in [0.4, 0.5) is 11.6 Å². The highest BCUT2D eigenvalue weighted by atomic mass is 16.5. The average molecular weight is 761 g/mol. The van der Waals surface area contributed by atoms with Gasteiger partial charge >= 0.3 is 0 Å². The van der Waals surface area contributed by atoms with Crippen LogP contribution in [0, 0.1) is 51.4 Å². The van der Waals surface area contributed by atoms with Crippen molar-refractivity contribution in [2.45, 2.75) is 60.0 Å². The molecular weight excluding hydrogens is 717 g/mol. The molecule has 4 N–H and O–H groups in total. The molecule has 12 heteroatoms. The molecule has 288 valence electrons. The molecule has 57 heavy (non-hydrogen) atoms. The van der Waals surface area contributed by atoms with Gasteiger partial charge in [0.15, 0.2) is 0 Å². The second-order valence-corrected chi connectivity index (χ2v) is 13.7. The van der Waals surface area contributed by atoms with Gasteiger partial charge in [0.2, 0.25) is 11.8 Å². The Morgan fingerprint density at radius 1 is 0.579 bits per heavy atom. The molecule has 2 aromatic carbocycles. The van der Waals surface area contributed by atoms with Gasteiger partial charge in [-0.15, -0.1) is 0 Å². The maximum absolute atomic E-state index is 12.5. The fourth-order valence-corrected chi connectivity index (χ4v) is 6.03. The van der Waals surface area contributed by atoms with Crippen LogP contribution in [0.5, 0.6) is 0 Å². The molecule has 2 amide bonds. The van der Waals surface area contributed by atoms with Crippen molar-refractivity contribution in [1.82, 2.24) is 30.9 Å². The number of aryl methyl sites for hydroxylation is 4. The van der Waals surface area contributed by atoms with Crippen molar-refractivity contribution in [2.24, 2.45) is 0 Å². The number of likely N-dealkylation sites (N-methyl/N-ethyl adjacent to an activating group) is 2. The Morgan fingerprint density at radius 3 is 1.30 bits per heavy atom. The Bertz CT molecular complexity index is 2330. The molecule has 6 aromatic rings. The summed E-state index contributed by atoms with van der Waals surface area (Å²) in [6, 6.07) is 22.7. The molecule has 12 nitrogen and oxygen atoms in total. The molecule has 0 saturated heterocycles. The summed E-state index contributed by atoms with van der Waals surface area (Å²) in [6.07, 6.45) is 0.719. The number of aromatic nitrogens is 4. The first-order chi connectivity index (χ1) is 27.4. The van der Waals surface area contributed by atoms with Gasteiger partial charge in [0.05, 0.1) is 34.6 Å². The van der Waals surface area contributed by atoms with Gasteiger partial charge in [-0.05, 0) is 134 Å². The number of rotatable bonds is 10. The third kappa shape index (κ3) is 9.51. The second kappa shape index (κ2) is 17.7. The molecule has 0 spiro atoms. The average Bonchev–Trinajstić information content (AvgIpc) is 3.74. The number of pyridine rings is 2. The van der Waals surface area contributed by atoms with Crippen LogP contribution >= 0.6 is 0 Å². The normalized spacial score (nSPS) is 11.8. The topological polar surface area (TPSA) is 160 Å². The number of anilines is 2. The van der Waals surface area contributed by atoms with Crippen molar-refractivity contribution >= 4 is 23.5 Å². The van der Waals surface area contributed by atoms with E-state index in [1.165, 1.54) is 0 Å². The summed E-state index contributed by atoms with van der Waals surface area (Å²) in [4.78, 5) is 34.5. The lowest BCUT2D eigenvalue weighted by atomic mass is 10.0. The van der Waals surface area contributed by atoms with Crippen LogP contribution in [0.1, 0.15) is 70.4 Å². The Morgan fingerprint density at radius 2 is 0.965 bits per heavy atom. The fraction of sp³-hybridized carbons (Fsp3) is 0.244. The monoisotopic (exact) mass is 760 g/mol. The van der Waals surface area contributed by atoms with Gasteiger partial charge in [-0.2, -0.15) is 0 Å². The van der Waals surface area contributed by atoms with Gasteiger partial charge in [-0.25, -0.2) is 9.97 Å². The summed E-state index contributed by atoms with van der Waals surface area (Å²) in [5, 5.41) is 19.8. The van der Waals surface area contributed by atoms with Crippen LogP contribution < -0.4 is 21.3 Å². The van der Waals surface area contributed by atoms with E-state index in [1.54, 1.807) is 40.1 Å². The number of hydrogen-bond acceptors (Lipinski definition) is 10. The number of carbonyl (C=O) groups is 2. The highest BCUT2D eigenvalue weighted by Gasteiger charge is 2.19. The van der Waals surface area contributed by atoms with Crippen molar-refractivity contribution in [3.05, 3.63) is 129 Å². The second-order valence-electron chi connectivity index (χ2n) is 13.7. The lowest BCUT2D eigenvalue weighted by Gasteiger charge is -2.12. The van der Waals surface area contributed by atoms with Gasteiger partial charge in [0, 0.05) is 22.3 Å². The van der Waals surface area contributed by atoms with E-state index in [4.69, 9.17) is 19.0 Å². The van der Waals surface area contributed by atoms with Crippen molar-refractivity contribution in [1.29, 1.82) is 0 Å². The number of nitrogens with zero attached hydrogens (tertiary/aromatic N) is 4. The van der Waals surface area contributed by atoms with E-state index in [9.17, 15) is 9.59 Å². The van der Waals surface area contributed by atoms with Crippen molar-refractivity contribution in [2.75, 3.05) is 24.7 Å². The van der Waals surface area contributed by atoms with Crippen LogP contribution in [-0.2, 0) is 16.0 Å². The maximum atomic E-state index is 12.5. The quantitative estimate of drug-likeness (QED) is 0.114. The smallest absolute Gasteiger partial charge is 0.242 e. The lowest BCUT2D eigenvalue weighted by molar-refractivity contribution is -0.118. The number of carbonyl (C=O) groups excluding carboxylic acids is 2. The minimum atomic E-state index is -0.385. The zero-order valence-electron chi connectivity index (χ0n) is 33.2. The van der Waals surface area contributed by atoms with Gasteiger partial charge in [-0.3, -0.25) is 9.59 Å². The molecule has 0 aliphatic heterocycles. The van der Waals surface area contributed by atoms with E-state index in [1.807, 2.05) is 64.1 Å². The van der Waals surface area contributed by atoms with Crippen LogP contribution in [0.15, 0.2) is 81.8 Å². The molecule has 4 aromatic heterocycles. The minimum absolute atomic E-state index is 0.197. The molecule has 0 fully saturated rings.